The predicted octanol–water partition coefficient (Wildman–Crippen LogP) is 2.74. The molecule has 0 aromatic rings. The van der Waals surface area contributed by atoms with Gasteiger partial charge in [-0.05, 0) is 94.2 Å². The fourth-order valence-electron chi connectivity index (χ4n) is 6.24. The van der Waals surface area contributed by atoms with Crippen LogP contribution in [-0.2, 0) is 0 Å². The summed E-state index contributed by atoms with van der Waals surface area (Å²) in [6, 6.07) is 0. The summed E-state index contributed by atoms with van der Waals surface area (Å²) in [6.07, 6.45) is 10.8. The molecule has 0 radical (unpaired) electrons. The molecule has 0 aromatic carbocycles. The molecule has 1 saturated heterocycles. The second-order valence-corrected chi connectivity index (χ2v) is 8.47. The van der Waals surface area contributed by atoms with Crippen LogP contribution in [0.25, 0.3) is 0 Å². The van der Waals surface area contributed by atoms with Crippen LogP contribution in [-0.4, -0.2) is 38.1 Å². The van der Waals surface area contributed by atoms with Gasteiger partial charge in [-0.15, -0.1) is 0 Å². The molecule has 2 heteroatoms. The maximum atomic E-state index is 3.88. The highest BCUT2D eigenvalue weighted by molar-refractivity contribution is 5.02. The minimum Gasteiger partial charge on any atom is -0.316 e. The van der Waals surface area contributed by atoms with Crippen molar-refractivity contribution in [1.29, 1.82) is 0 Å². The smallest absolute Gasteiger partial charge is 0.00192 e. The molecule has 5 fully saturated rings. The Labute approximate surface area is 118 Å². The van der Waals surface area contributed by atoms with Crippen LogP contribution in [0.15, 0.2) is 0 Å². The van der Waals surface area contributed by atoms with Gasteiger partial charge in [0.2, 0.25) is 0 Å². The van der Waals surface area contributed by atoms with Crippen molar-refractivity contribution in [1.82, 2.24) is 10.2 Å². The van der Waals surface area contributed by atoms with Gasteiger partial charge in [-0.1, -0.05) is 0 Å². The highest BCUT2D eigenvalue weighted by Gasteiger charge is 2.50. The van der Waals surface area contributed by atoms with Crippen LogP contribution < -0.4 is 5.32 Å². The molecular formula is C17H30N2. The largest absolute Gasteiger partial charge is 0.316 e. The van der Waals surface area contributed by atoms with Gasteiger partial charge in [0.05, 0.1) is 0 Å². The summed E-state index contributed by atoms with van der Waals surface area (Å²) in [5.41, 5.74) is 0.721. The normalized spacial score (nSPS) is 49.1. The van der Waals surface area contributed by atoms with Gasteiger partial charge in [-0.2, -0.15) is 0 Å². The summed E-state index contributed by atoms with van der Waals surface area (Å²) >= 11 is 0. The Hall–Kier alpha value is -0.0800. The standard InChI is InChI=1S/C17H30N2/c1-19-3-2-13(11-19)10-18-12-17-7-14-4-15(8-17)6-16(5-14)9-17/h13-16,18H,2-12H2,1H3. The third-order valence-corrected chi connectivity index (χ3v) is 6.59. The van der Waals surface area contributed by atoms with Crippen molar-refractivity contribution in [3.8, 4) is 0 Å². The fraction of sp³-hybridized carbons (Fsp3) is 1.00. The first kappa shape index (κ1) is 12.6. The third-order valence-electron chi connectivity index (χ3n) is 6.59. The van der Waals surface area contributed by atoms with E-state index in [4.69, 9.17) is 0 Å². The maximum Gasteiger partial charge on any atom is 0.00192 e. The predicted molar refractivity (Wildman–Crippen MR) is 79.1 cm³/mol. The van der Waals surface area contributed by atoms with Gasteiger partial charge in [0.25, 0.3) is 0 Å². The van der Waals surface area contributed by atoms with Gasteiger partial charge in [-0.3, -0.25) is 0 Å². The van der Waals surface area contributed by atoms with Crippen LogP contribution in [0.5, 0.6) is 0 Å². The molecule has 108 valence electrons. The molecule has 0 spiro atoms. The lowest BCUT2D eigenvalue weighted by atomic mass is 9.49. The van der Waals surface area contributed by atoms with E-state index < -0.39 is 0 Å². The van der Waals surface area contributed by atoms with Crippen molar-refractivity contribution >= 4 is 0 Å². The Morgan fingerprint density at radius 2 is 1.68 bits per heavy atom. The fourth-order valence-corrected chi connectivity index (χ4v) is 6.24. The average molecular weight is 262 g/mol. The van der Waals surface area contributed by atoms with E-state index in [0.717, 1.165) is 29.1 Å². The Bertz CT molecular complexity index is 303. The summed E-state index contributed by atoms with van der Waals surface area (Å²) in [4.78, 5) is 2.48. The van der Waals surface area contributed by atoms with Crippen molar-refractivity contribution in [2.24, 2.45) is 29.1 Å². The van der Waals surface area contributed by atoms with Gasteiger partial charge in [0.1, 0.15) is 0 Å². The van der Waals surface area contributed by atoms with Crippen LogP contribution in [0.2, 0.25) is 0 Å². The first-order valence-electron chi connectivity index (χ1n) is 8.60. The molecule has 5 rings (SSSR count). The molecule has 4 saturated carbocycles. The minimum atomic E-state index is 0.721. The lowest BCUT2D eigenvalue weighted by molar-refractivity contribution is -0.0515. The first-order valence-corrected chi connectivity index (χ1v) is 8.60. The molecular weight excluding hydrogens is 232 g/mol. The van der Waals surface area contributed by atoms with Gasteiger partial charge >= 0.3 is 0 Å². The summed E-state index contributed by atoms with van der Waals surface area (Å²) in [7, 11) is 2.26. The van der Waals surface area contributed by atoms with Gasteiger partial charge in [0, 0.05) is 13.1 Å². The third kappa shape index (κ3) is 2.47. The van der Waals surface area contributed by atoms with E-state index in [1.165, 1.54) is 32.6 Å². The van der Waals surface area contributed by atoms with E-state index in [0.29, 0.717) is 0 Å². The topological polar surface area (TPSA) is 15.3 Å². The van der Waals surface area contributed by atoms with Crippen LogP contribution >= 0.6 is 0 Å². The summed E-state index contributed by atoms with van der Waals surface area (Å²) in [5, 5.41) is 3.88. The van der Waals surface area contributed by atoms with E-state index in [2.05, 4.69) is 17.3 Å². The molecule has 19 heavy (non-hydrogen) atoms. The van der Waals surface area contributed by atoms with E-state index in [1.807, 2.05) is 0 Å². The minimum absolute atomic E-state index is 0.721. The first-order chi connectivity index (χ1) is 9.21. The summed E-state index contributed by atoms with van der Waals surface area (Å²) in [6.45, 7) is 5.22. The maximum absolute atomic E-state index is 3.88. The van der Waals surface area contributed by atoms with Crippen molar-refractivity contribution < 1.29 is 0 Å². The molecule has 1 atom stereocenters. The number of hydrogen-bond acceptors (Lipinski definition) is 2. The molecule has 5 aliphatic rings. The second-order valence-electron chi connectivity index (χ2n) is 8.47. The number of likely N-dealkylation sites (tertiary alicyclic amines) is 1. The molecule has 0 aromatic heterocycles. The van der Waals surface area contributed by atoms with Gasteiger partial charge in [0.15, 0.2) is 0 Å². The molecule has 4 aliphatic carbocycles. The zero-order valence-corrected chi connectivity index (χ0v) is 12.5. The van der Waals surface area contributed by atoms with E-state index in [-0.39, 0.29) is 0 Å². The molecule has 0 amide bonds. The Kier molecular flexibility index (Phi) is 3.15. The Morgan fingerprint density at radius 3 is 2.21 bits per heavy atom. The van der Waals surface area contributed by atoms with Crippen LogP contribution in [0.1, 0.15) is 44.9 Å². The van der Waals surface area contributed by atoms with Crippen molar-refractivity contribution in [2.75, 3.05) is 33.2 Å². The van der Waals surface area contributed by atoms with Gasteiger partial charge in [-0.25, -0.2) is 0 Å². The monoisotopic (exact) mass is 262 g/mol. The number of nitrogens with one attached hydrogen (secondary N) is 1. The Morgan fingerprint density at radius 1 is 1.05 bits per heavy atom. The highest BCUT2D eigenvalue weighted by Crippen LogP contribution is 2.59. The number of hydrogen-bond donors (Lipinski definition) is 1. The molecule has 4 bridgehead atoms. The van der Waals surface area contributed by atoms with Crippen molar-refractivity contribution in [3.05, 3.63) is 0 Å². The van der Waals surface area contributed by atoms with E-state index in [1.54, 1.807) is 38.5 Å². The SMILES string of the molecule is CN1CCC(CNCC23CC4CC(CC(C4)C2)C3)C1. The zero-order chi connectivity index (χ0) is 12.9. The zero-order valence-electron chi connectivity index (χ0n) is 12.5. The Balaban J connectivity index is 1.30. The van der Waals surface area contributed by atoms with E-state index >= 15 is 0 Å². The second kappa shape index (κ2) is 4.73. The average Bonchev–Trinajstić information content (AvgIpc) is 2.73. The van der Waals surface area contributed by atoms with E-state index in [9.17, 15) is 0 Å². The lowest BCUT2D eigenvalue weighted by Gasteiger charge is -2.57. The quantitative estimate of drug-likeness (QED) is 0.838. The highest BCUT2D eigenvalue weighted by atomic mass is 15.1. The molecule has 1 unspecified atom stereocenters. The summed E-state index contributed by atoms with van der Waals surface area (Å²) in [5.74, 6) is 4.22. The molecule has 1 heterocycles. The number of rotatable bonds is 4. The van der Waals surface area contributed by atoms with Gasteiger partial charge < -0.3 is 10.2 Å². The van der Waals surface area contributed by atoms with Crippen molar-refractivity contribution in [3.63, 3.8) is 0 Å². The van der Waals surface area contributed by atoms with Crippen LogP contribution in [0.4, 0.5) is 0 Å². The molecule has 1 aliphatic heterocycles. The summed E-state index contributed by atoms with van der Waals surface area (Å²) < 4.78 is 0. The van der Waals surface area contributed by atoms with Crippen LogP contribution in [0, 0.1) is 29.1 Å². The number of nitrogens with zero attached hydrogens (tertiary/aromatic N) is 1. The molecule has 2 nitrogen and oxygen atoms in total. The van der Waals surface area contributed by atoms with Crippen LogP contribution in [0.3, 0.4) is 0 Å². The lowest BCUT2D eigenvalue weighted by Crippen LogP contribution is -2.50. The van der Waals surface area contributed by atoms with Crippen molar-refractivity contribution in [2.45, 2.75) is 44.9 Å². The molecule has 1 N–H and O–H groups in total.